The number of hydrogen-bond donors (Lipinski definition) is 1. The highest BCUT2D eigenvalue weighted by molar-refractivity contribution is 5.91. The van der Waals surface area contributed by atoms with Gasteiger partial charge in [0.25, 0.3) is 0 Å². The first-order valence-electron chi connectivity index (χ1n) is 9.97. The first-order chi connectivity index (χ1) is 15.2. The van der Waals surface area contributed by atoms with Crippen molar-refractivity contribution in [2.75, 3.05) is 5.32 Å². The molecule has 0 aliphatic heterocycles. The molecule has 0 bridgehead atoms. The van der Waals surface area contributed by atoms with E-state index in [0.717, 1.165) is 33.8 Å². The van der Waals surface area contributed by atoms with Crippen molar-refractivity contribution < 1.29 is 4.79 Å². The van der Waals surface area contributed by atoms with Crippen molar-refractivity contribution in [2.45, 2.75) is 13.3 Å². The van der Waals surface area contributed by atoms with Crippen molar-refractivity contribution in [3.05, 3.63) is 96.6 Å². The fraction of sp³-hybridized carbons (Fsp3) is 0.0833. The van der Waals surface area contributed by atoms with E-state index >= 15 is 0 Å². The van der Waals surface area contributed by atoms with Crippen LogP contribution in [0, 0.1) is 6.92 Å². The lowest BCUT2D eigenvalue weighted by Crippen LogP contribution is -2.17. The van der Waals surface area contributed by atoms with Gasteiger partial charge in [-0.2, -0.15) is 5.10 Å². The molecule has 31 heavy (non-hydrogen) atoms. The Bertz CT molecular complexity index is 1350. The Morgan fingerprint density at radius 2 is 1.74 bits per heavy atom. The molecule has 0 saturated carbocycles. The molecule has 0 spiro atoms. The van der Waals surface area contributed by atoms with Crippen LogP contribution in [0.2, 0.25) is 0 Å². The Hall–Kier alpha value is -4.26. The summed E-state index contributed by atoms with van der Waals surface area (Å²) < 4.78 is 3.67. The Kier molecular flexibility index (Phi) is 4.76. The van der Waals surface area contributed by atoms with E-state index in [9.17, 15) is 4.79 Å². The molecule has 152 valence electrons. The van der Waals surface area contributed by atoms with E-state index in [4.69, 9.17) is 0 Å². The van der Waals surface area contributed by atoms with Crippen LogP contribution in [0.4, 0.5) is 5.82 Å². The van der Waals surface area contributed by atoms with E-state index < -0.39 is 0 Å². The zero-order chi connectivity index (χ0) is 21.2. The number of para-hydroxylation sites is 1. The zero-order valence-electron chi connectivity index (χ0n) is 16.9. The summed E-state index contributed by atoms with van der Waals surface area (Å²) in [5.74, 6) is 0.556. The molecule has 0 atom stereocenters. The molecule has 1 amide bonds. The molecule has 1 N–H and O–H groups in total. The van der Waals surface area contributed by atoms with Crippen molar-refractivity contribution >= 4 is 22.9 Å². The lowest BCUT2D eigenvalue weighted by Gasteiger charge is -2.09. The van der Waals surface area contributed by atoms with Crippen LogP contribution in [-0.4, -0.2) is 30.2 Å². The van der Waals surface area contributed by atoms with Crippen molar-refractivity contribution in [1.29, 1.82) is 0 Å². The molecule has 0 fully saturated rings. The van der Waals surface area contributed by atoms with Gasteiger partial charge in [0.2, 0.25) is 5.91 Å². The van der Waals surface area contributed by atoms with Crippen molar-refractivity contribution in [3.63, 3.8) is 0 Å². The molecule has 7 heteroatoms. The first-order valence-corrected chi connectivity index (χ1v) is 9.97. The van der Waals surface area contributed by atoms with Crippen molar-refractivity contribution in [2.24, 2.45) is 0 Å². The Labute approximate surface area is 179 Å². The van der Waals surface area contributed by atoms with Crippen LogP contribution in [0.3, 0.4) is 0 Å². The summed E-state index contributed by atoms with van der Waals surface area (Å²) in [4.78, 5) is 21.5. The number of pyridine rings is 1. The Morgan fingerprint density at radius 3 is 2.55 bits per heavy atom. The molecule has 0 radical (unpaired) electrons. The number of nitrogens with zero attached hydrogens (tertiary/aromatic N) is 5. The average molecular weight is 408 g/mol. The summed E-state index contributed by atoms with van der Waals surface area (Å²) in [5.41, 5.74) is 5.25. The number of anilines is 1. The third kappa shape index (κ3) is 3.81. The minimum absolute atomic E-state index is 0.0976. The number of aromatic nitrogens is 5. The predicted molar refractivity (Wildman–Crippen MR) is 119 cm³/mol. The van der Waals surface area contributed by atoms with E-state index in [2.05, 4.69) is 20.4 Å². The Balaban J connectivity index is 1.32. The number of hydrogen-bond acceptors (Lipinski definition) is 4. The van der Waals surface area contributed by atoms with E-state index in [1.165, 1.54) is 0 Å². The SMILES string of the molecule is Cc1cc(NC(=O)Cc2ccc(-n3cnc4cccnc43)cc2)n(-c2ccccc2)n1. The van der Waals surface area contributed by atoms with Gasteiger partial charge in [-0.15, -0.1) is 0 Å². The number of nitrogens with one attached hydrogen (secondary N) is 1. The van der Waals surface area contributed by atoms with Crippen molar-refractivity contribution in [1.82, 2.24) is 24.3 Å². The smallest absolute Gasteiger partial charge is 0.229 e. The fourth-order valence-corrected chi connectivity index (χ4v) is 3.54. The fourth-order valence-electron chi connectivity index (χ4n) is 3.54. The first kappa shape index (κ1) is 18.7. The van der Waals surface area contributed by atoms with Gasteiger partial charge in [-0.3, -0.25) is 9.36 Å². The normalized spacial score (nSPS) is 11.0. The zero-order valence-corrected chi connectivity index (χ0v) is 16.9. The molecule has 7 nitrogen and oxygen atoms in total. The number of rotatable bonds is 5. The van der Waals surface area contributed by atoms with E-state index in [0.29, 0.717) is 5.82 Å². The van der Waals surface area contributed by atoms with Gasteiger partial charge in [0.15, 0.2) is 5.65 Å². The summed E-state index contributed by atoms with van der Waals surface area (Å²) in [6.45, 7) is 1.91. The summed E-state index contributed by atoms with van der Waals surface area (Å²) in [6.07, 6.45) is 3.77. The van der Waals surface area contributed by atoms with E-state index in [-0.39, 0.29) is 12.3 Å². The topological polar surface area (TPSA) is 77.6 Å². The minimum atomic E-state index is -0.0976. The maximum atomic E-state index is 12.7. The second-order valence-electron chi connectivity index (χ2n) is 7.27. The highest BCUT2D eigenvalue weighted by atomic mass is 16.1. The molecule has 3 heterocycles. The van der Waals surface area contributed by atoms with Crippen molar-refractivity contribution in [3.8, 4) is 11.4 Å². The highest BCUT2D eigenvalue weighted by Gasteiger charge is 2.12. The van der Waals surface area contributed by atoms with Crippen LogP contribution in [0.1, 0.15) is 11.3 Å². The molecule has 3 aromatic heterocycles. The quantitative estimate of drug-likeness (QED) is 0.475. The second-order valence-corrected chi connectivity index (χ2v) is 7.27. The lowest BCUT2D eigenvalue weighted by molar-refractivity contribution is -0.115. The third-order valence-corrected chi connectivity index (χ3v) is 4.99. The molecule has 0 aliphatic rings. The highest BCUT2D eigenvalue weighted by Crippen LogP contribution is 2.19. The number of imidazole rings is 1. The molecule has 0 saturated heterocycles. The van der Waals surface area contributed by atoms with Gasteiger partial charge in [0.1, 0.15) is 17.7 Å². The van der Waals surface area contributed by atoms with Crippen LogP contribution in [0.25, 0.3) is 22.5 Å². The summed E-state index contributed by atoms with van der Waals surface area (Å²) in [7, 11) is 0. The van der Waals surface area contributed by atoms with E-state index in [1.807, 2.05) is 84.3 Å². The number of amides is 1. The van der Waals surface area contributed by atoms with Gasteiger partial charge in [-0.1, -0.05) is 30.3 Å². The monoisotopic (exact) mass is 408 g/mol. The molecule has 0 aliphatic carbocycles. The maximum absolute atomic E-state index is 12.7. The second kappa shape index (κ2) is 7.87. The number of carbonyl (C=O) groups is 1. The number of fused-ring (bicyclic) bond motifs is 1. The minimum Gasteiger partial charge on any atom is -0.310 e. The molecule has 5 aromatic rings. The van der Waals surface area contributed by atoms with Gasteiger partial charge in [-0.05, 0) is 48.9 Å². The van der Waals surface area contributed by atoms with Gasteiger partial charge in [-0.25, -0.2) is 14.6 Å². The standard InChI is InChI=1S/C24H20N6O/c1-17-14-22(30(28-17)20-6-3-2-4-7-20)27-23(31)15-18-9-11-19(12-10-18)29-16-26-21-8-5-13-25-24(21)29/h2-14,16H,15H2,1H3,(H,27,31). The number of carbonyl (C=O) groups excluding carboxylic acids is 1. The third-order valence-electron chi connectivity index (χ3n) is 4.99. The lowest BCUT2D eigenvalue weighted by atomic mass is 10.1. The molecule has 0 unspecified atom stereocenters. The van der Waals surface area contributed by atoms with Crippen LogP contribution in [0.5, 0.6) is 0 Å². The summed E-state index contributed by atoms with van der Waals surface area (Å²) in [6, 6.07) is 23.2. The summed E-state index contributed by atoms with van der Waals surface area (Å²) >= 11 is 0. The van der Waals surface area contributed by atoms with Crippen LogP contribution >= 0.6 is 0 Å². The van der Waals surface area contributed by atoms with Gasteiger partial charge in [0.05, 0.1) is 17.8 Å². The van der Waals surface area contributed by atoms with Gasteiger partial charge in [0, 0.05) is 18.0 Å². The average Bonchev–Trinajstić information content (AvgIpc) is 3.38. The molecule has 5 rings (SSSR count). The predicted octanol–water partition coefficient (Wildman–Crippen LogP) is 4.10. The van der Waals surface area contributed by atoms with Gasteiger partial charge < -0.3 is 5.32 Å². The maximum Gasteiger partial charge on any atom is 0.229 e. The van der Waals surface area contributed by atoms with Crippen LogP contribution in [0.15, 0.2) is 85.3 Å². The van der Waals surface area contributed by atoms with Crippen LogP contribution in [-0.2, 0) is 11.2 Å². The summed E-state index contributed by atoms with van der Waals surface area (Å²) in [5, 5.41) is 7.47. The van der Waals surface area contributed by atoms with E-state index in [1.54, 1.807) is 17.2 Å². The molecule has 2 aromatic carbocycles. The Morgan fingerprint density at radius 1 is 0.935 bits per heavy atom. The number of aryl methyl sites for hydroxylation is 1. The van der Waals surface area contributed by atoms with Gasteiger partial charge >= 0.3 is 0 Å². The molecular weight excluding hydrogens is 388 g/mol. The largest absolute Gasteiger partial charge is 0.310 e. The molecular formula is C24H20N6O. The number of benzene rings is 2. The van der Waals surface area contributed by atoms with Crippen LogP contribution < -0.4 is 5.32 Å².